The van der Waals surface area contributed by atoms with E-state index in [-0.39, 0.29) is 6.54 Å². The van der Waals surface area contributed by atoms with Crippen LogP contribution >= 0.6 is 0 Å². The maximum atomic E-state index is 12.7. The van der Waals surface area contributed by atoms with Gasteiger partial charge >= 0.3 is 5.97 Å². The molecule has 6 nitrogen and oxygen atoms in total. The molecular weight excluding hydrogens is 315 g/mol. The average molecular weight is 330 g/mol. The van der Waals surface area contributed by atoms with Gasteiger partial charge in [0.05, 0.1) is 0 Å². The largest absolute Gasteiger partial charge is 0.454 e. The van der Waals surface area contributed by atoms with Gasteiger partial charge in [0.25, 0.3) is 11.8 Å². The summed E-state index contributed by atoms with van der Waals surface area (Å²) in [6.45, 7) is -0.852. The lowest BCUT2D eigenvalue weighted by Gasteiger charge is -2.07. The standard InChI is InChI=1S/C17H15FN2O4/c18-13-6-8-14(9-7-13)20-15(21)11-24-16(22)10-19-17(23)12-4-2-1-3-5-12/h1-9H,10-11H2,(H,19,23)(H,20,21). The van der Waals surface area contributed by atoms with Crippen molar-refractivity contribution in [2.75, 3.05) is 18.5 Å². The van der Waals surface area contributed by atoms with Crippen molar-refractivity contribution in [2.24, 2.45) is 0 Å². The average Bonchev–Trinajstić information content (AvgIpc) is 2.60. The number of carbonyl (C=O) groups excluding carboxylic acids is 3. The van der Waals surface area contributed by atoms with Crippen LogP contribution in [0, 0.1) is 5.82 Å². The van der Waals surface area contributed by atoms with Gasteiger partial charge in [-0.1, -0.05) is 18.2 Å². The molecule has 0 spiro atoms. The van der Waals surface area contributed by atoms with Crippen molar-refractivity contribution in [1.29, 1.82) is 0 Å². The zero-order chi connectivity index (χ0) is 17.4. The van der Waals surface area contributed by atoms with E-state index in [1.54, 1.807) is 30.3 Å². The van der Waals surface area contributed by atoms with Crippen molar-refractivity contribution in [1.82, 2.24) is 5.32 Å². The van der Waals surface area contributed by atoms with E-state index in [9.17, 15) is 18.8 Å². The summed E-state index contributed by atoms with van der Waals surface area (Å²) in [4.78, 5) is 34.8. The molecule has 2 aromatic rings. The van der Waals surface area contributed by atoms with E-state index in [0.29, 0.717) is 11.3 Å². The predicted molar refractivity (Wildman–Crippen MR) is 84.8 cm³/mol. The number of esters is 1. The Morgan fingerprint density at radius 1 is 0.958 bits per heavy atom. The van der Waals surface area contributed by atoms with Crippen LogP contribution < -0.4 is 10.6 Å². The molecule has 0 saturated heterocycles. The molecule has 0 bridgehead atoms. The molecule has 0 aliphatic carbocycles. The fourth-order valence-electron chi connectivity index (χ4n) is 1.77. The molecule has 124 valence electrons. The van der Waals surface area contributed by atoms with Crippen molar-refractivity contribution < 1.29 is 23.5 Å². The van der Waals surface area contributed by atoms with Crippen molar-refractivity contribution in [3.05, 3.63) is 66.0 Å². The lowest BCUT2D eigenvalue weighted by molar-refractivity contribution is -0.146. The first-order chi connectivity index (χ1) is 11.5. The quantitative estimate of drug-likeness (QED) is 0.790. The van der Waals surface area contributed by atoms with E-state index in [2.05, 4.69) is 10.6 Å². The molecule has 0 unspecified atom stereocenters. The summed E-state index contributed by atoms with van der Waals surface area (Å²) in [5.74, 6) is -2.14. The first kappa shape index (κ1) is 17.1. The lowest BCUT2D eigenvalue weighted by Crippen LogP contribution is -2.32. The number of halogens is 1. The minimum absolute atomic E-state index is 0.350. The molecule has 24 heavy (non-hydrogen) atoms. The summed E-state index contributed by atoms with van der Waals surface area (Å²) in [5, 5.41) is 4.84. The monoisotopic (exact) mass is 330 g/mol. The number of rotatable bonds is 6. The molecule has 0 heterocycles. The van der Waals surface area contributed by atoms with Crippen molar-refractivity contribution in [2.45, 2.75) is 0 Å². The third kappa shape index (κ3) is 5.53. The van der Waals surface area contributed by atoms with Gasteiger partial charge in [-0.3, -0.25) is 14.4 Å². The van der Waals surface area contributed by atoms with Crippen LogP contribution in [0.15, 0.2) is 54.6 Å². The molecule has 7 heteroatoms. The third-order valence-electron chi connectivity index (χ3n) is 2.92. The zero-order valence-electron chi connectivity index (χ0n) is 12.6. The van der Waals surface area contributed by atoms with Gasteiger partial charge in [-0.15, -0.1) is 0 Å². The highest BCUT2D eigenvalue weighted by Crippen LogP contribution is 2.07. The van der Waals surface area contributed by atoms with Gasteiger partial charge < -0.3 is 15.4 Å². The van der Waals surface area contributed by atoms with E-state index in [1.165, 1.54) is 24.3 Å². The second-order valence-corrected chi connectivity index (χ2v) is 4.76. The van der Waals surface area contributed by atoms with Gasteiger partial charge in [-0.25, -0.2) is 4.39 Å². The lowest BCUT2D eigenvalue weighted by atomic mass is 10.2. The number of hydrogen-bond acceptors (Lipinski definition) is 4. The molecule has 0 aromatic heterocycles. The molecule has 2 amide bonds. The van der Waals surface area contributed by atoms with Gasteiger partial charge in [0.2, 0.25) is 0 Å². The van der Waals surface area contributed by atoms with Gasteiger partial charge in [-0.05, 0) is 36.4 Å². The van der Waals surface area contributed by atoms with Crippen molar-refractivity contribution >= 4 is 23.5 Å². The summed E-state index contributed by atoms with van der Waals surface area (Å²) in [6, 6.07) is 13.5. The maximum Gasteiger partial charge on any atom is 0.325 e. The molecule has 2 aromatic carbocycles. The van der Waals surface area contributed by atoms with Gasteiger partial charge in [-0.2, -0.15) is 0 Å². The first-order valence-corrected chi connectivity index (χ1v) is 7.09. The number of hydrogen-bond donors (Lipinski definition) is 2. The normalized spacial score (nSPS) is 9.88. The molecule has 0 aliphatic rings. The van der Waals surface area contributed by atoms with Crippen LogP contribution in [0.4, 0.5) is 10.1 Å². The van der Waals surface area contributed by atoms with Crippen molar-refractivity contribution in [3.63, 3.8) is 0 Å². The fraction of sp³-hybridized carbons (Fsp3) is 0.118. The fourth-order valence-corrected chi connectivity index (χ4v) is 1.77. The maximum absolute atomic E-state index is 12.7. The van der Waals surface area contributed by atoms with Gasteiger partial charge in [0.1, 0.15) is 12.4 Å². The number of carbonyl (C=O) groups is 3. The van der Waals surface area contributed by atoms with Crippen LogP contribution in [0.3, 0.4) is 0 Å². The van der Waals surface area contributed by atoms with Crippen LogP contribution in [0.2, 0.25) is 0 Å². The number of benzene rings is 2. The van der Waals surface area contributed by atoms with E-state index in [0.717, 1.165) is 0 Å². The Morgan fingerprint density at radius 2 is 1.62 bits per heavy atom. The summed E-state index contributed by atoms with van der Waals surface area (Å²) in [7, 11) is 0. The van der Waals surface area contributed by atoms with E-state index < -0.39 is 30.2 Å². The third-order valence-corrected chi connectivity index (χ3v) is 2.92. The van der Waals surface area contributed by atoms with Crippen LogP contribution in [-0.2, 0) is 14.3 Å². The van der Waals surface area contributed by atoms with Crippen LogP contribution in [0.1, 0.15) is 10.4 Å². The number of amides is 2. The Hall–Kier alpha value is -3.22. The van der Waals surface area contributed by atoms with Crippen molar-refractivity contribution in [3.8, 4) is 0 Å². The summed E-state index contributed by atoms with van der Waals surface area (Å²) < 4.78 is 17.5. The first-order valence-electron chi connectivity index (χ1n) is 7.09. The van der Waals surface area contributed by atoms with E-state index in [4.69, 9.17) is 4.74 Å². The van der Waals surface area contributed by atoms with Gasteiger partial charge in [0.15, 0.2) is 6.61 Å². The molecule has 0 saturated carbocycles. The Labute approximate surface area is 137 Å². The summed E-state index contributed by atoms with van der Waals surface area (Å²) >= 11 is 0. The molecule has 0 aliphatic heterocycles. The Morgan fingerprint density at radius 3 is 2.29 bits per heavy atom. The minimum atomic E-state index is -0.742. The topological polar surface area (TPSA) is 84.5 Å². The Balaban J connectivity index is 1.70. The highest BCUT2D eigenvalue weighted by Gasteiger charge is 2.10. The second kappa shape index (κ2) is 8.42. The van der Waals surface area contributed by atoms with Gasteiger partial charge in [0, 0.05) is 11.3 Å². The summed E-state index contributed by atoms with van der Waals surface area (Å²) in [5.41, 5.74) is 0.800. The summed E-state index contributed by atoms with van der Waals surface area (Å²) in [6.07, 6.45) is 0. The number of anilines is 1. The van der Waals surface area contributed by atoms with Crippen LogP contribution in [0.5, 0.6) is 0 Å². The highest BCUT2D eigenvalue weighted by atomic mass is 19.1. The van der Waals surface area contributed by atoms with Crippen LogP contribution in [-0.4, -0.2) is 30.9 Å². The molecule has 0 atom stereocenters. The zero-order valence-corrected chi connectivity index (χ0v) is 12.6. The minimum Gasteiger partial charge on any atom is -0.454 e. The molecule has 0 fully saturated rings. The molecule has 2 rings (SSSR count). The van der Waals surface area contributed by atoms with E-state index >= 15 is 0 Å². The van der Waals surface area contributed by atoms with E-state index in [1.807, 2.05) is 0 Å². The number of ether oxygens (including phenoxy) is 1. The number of nitrogens with one attached hydrogen (secondary N) is 2. The second-order valence-electron chi connectivity index (χ2n) is 4.76. The van der Waals surface area contributed by atoms with Crippen LogP contribution in [0.25, 0.3) is 0 Å². The molecule has 0 radical (unpaired) electrons. The smallest absolute Gasteiger partial charge is 0.325 e. The SMILES string of the molecule is O=C(COC(=O)CNC(=O)c1ccccc1)Nc1ccc(F)cc1. The highest BCUT2D eigenvalue weighted by molar-refractivity contribution is 5.96. The Kier molecular flexibility index (Phi) is 6.01. The Bertz CT molecular complexity index is 717. The predicted octanol–water partition coefficient (Wildman–Crippen LogP) is 1.74. The molecule has 2 N–H and O–H groups in total. The molecular formula is C17H15FN2O4.